The number of aromatic nitrogens is 6. The molecule has 160 valence electrons. The number of hydrogen-bond acceptors (Lipinski definition) is 7. The normalized spacial score (nSPS) is 23.4. The van der Waals surface area contributed by atoms with Crippen LogP contribution >= 0.6 is 0 Å². The number of aryl methyl sites for hydroxylation is 1. The molecule has 1 aliphatic carbocycles. The predicted molar refractivity (Wildman–Crippen MR) is 117 cm³/mol. The largest absolute Gasteiger partial charge is 0.480 e. The maximum absolute atomic E-state index is 5.83. The molecule has 2 N–H and O–H groups in total. The summed E-state index contributed by atoms with van der Waals surface area (Å²) in [5.74, 6) is 1.15. The zero-order valence-corrected chi connectivity index (χ0v) is 17.7. The van der Waals surface area contributed by atoms with Gasteiger partial charge in [0, 0.05) is 24.8 Å². The molecular formula is C22H25N7O2. The average molecular weight is 419 g/mol. The van der Waals surface area contributed by atoms with Crippen LogP contribution in [0.25, 0.3) is 33.2 Å². The van der Waals surface area contributed by atoms with Crippen LogP contribution in [0.5, 0.6) is 5.88 Å². The van der Waals surface area contributed by atoms with Gasteiger partial charge in [-0.15, -0.1) is 5.10 Å². The fourth-order valence-electron chi connectivity index (χ4n) is 4.89. The second-order valence-corrected chi connectivity index (χ2v) is 8.60. The highest BCUT2D eigenvalue weighted by molar-refractivity contribution is 5.99. The van der Waals surface area contributed by atoms with Crippen LogP contribution in [-0.4, -0.2) is 55.3 Å². The van der Waals surface area contributed by atoms with Crippen molar-refractivity contribution in [2.45, 2.75) is 43.7 Å². The van der Waals surface area contributed by atoms with E-state index in [0.717, 1.165) is 65.5 Å². The van der Waals surface area contributed by atoms with Crippen LogP contribution in [0.4, 0.5) is 5.95 Å². The van der Waals surface area contributed by atoms with E-state index in [0.29, 0.717) is 17.9 Å². The summed E-state index contributed by atoms with van der Waals surface area (Å²) in [6, 6.07) is 6.43. The van der Waals surface area contributed by atoms with Gasteiger partial charge in [-0.1, -0.05) is 11.3 Å². The highest BCUT2D eigenvalue weighted by Gasteiger charge is 2.41. The Balaban J connectivity index is 1.32. The van der Waals surface area contributed by atoms with Crippen molar-refractivity contribution in [3.8, 4) is 17.0 Å². The Morgan fingerprint density at radius 3 is 2.81 bits per heavy atom. The number of H-pyrrole nitrogens is 1. The van der Waals surface area contributed by atoms with Gasteiger partial charge in [-0.2, -0.15) is 9.97 Å². The smallest absolute Gasteiger partial charge is 0.228 e. The van der Waals surface area contributed by atoms with E-state index in [1.165, 1.54) is 6.42 Å². The summed E-state index contributed by atoms with van der Waals surface area (Å²) in [5.41, 5.74) is 4.76. The first kappa shape index (κ1) is 18.6. The Hall–Kier alpha value is -3.20. The van der Waals surface area contributed by atoms with Crippen molar-refractivity contribution in [1.82, 2.24) is 29.9 Å². The molecule has 3 aromatic heterocycles. The second-order valence-electron chi connectivity index (χ2n) is 8.60. The summed E-state index contributed by atoms with van der Waals surface area (Å²) in [7, 11) is 3.54. The highest BCUT2D eigenvalue weighted by Crippen LogP contribution is 2.41. The van der Waals surface area contributed by atoms with Gasteiger partial charge in [0.15, 0.2) is 0 Å². The summed E-state index contributed by atoms with van der Waals surface area (Å²) in [6.45, 7) is 0.911. The van der Waals surface area contributed by atoms with E-state index in [4.69, 9.17) is 14.5 Å². The molecule has 1 saturated carbocycles. The van der Waals surface area contributed by atoms with Gasteiger partial charge >= 0.3 is 0 Å². The van der Waals surface area contributed by atoms with Crippen molar-refractivity contribution in [2.75, 3.05) is 19.0 Å². The molecule has 0 unspecified atom stereocenters. The van der Waals surface area contributed by atoms with Crippen LogP contribution in [0.3, 0.4) is 0 Å². The first-order valence-corrected chi connectivity index (χ1v) is 10.8. The molecule has 9 heteroatoms. The summed E-state index contributed by atoms with van der Waals surface area (Å²) in [4.78, 5) is 12.7. The van der Waals surface area contributed by atoms with Crippen LogP contribution in [0, 0.1) is 0 Å². The molecule has 1 saturated heterocycles. The maximum Gasteiger partial charge on any atom is 0.228 e. The van der Waals surface area contributed by atoms with Gasteiger partial charge in [0.05, 0.1) is 30.2 Å². The number of ether oxygens (including phenoxy) is 2. The van der Waals surface area contributed by atoms with E-state index in [1.807, 2.05) is 25.4 Å². The van der Waals surface area contributed by atoms with Gasteiger partial charge in [-0.25, -0.2) is 4.68 Å². The number of anilines is 1. The molecule has 4 heterocycles. The minimum Gasteiger partial charge on any atom is -0.480 e. The van der Waals surface area contributed by atoms with Gasteiger partial charge < -0.3 is 19.8 Å². The van der Waals surface area contributed by atoms with Gasteiger partial charge in [-0.3, -0.25) is 0 Å². The van der Waals surface area contributed by atoms with Gasteiger partial charge in [0.25, 0.3) is 0 Å². The molecule has 1 aliphatic heterocycles. The van der Waals surface area contributed by atoms with Crippen molar-refractivity contribution in [3.63, 3.8) is 0 Å². The molecule has 9 nitrogen and oxygen atoms in total. The van der Waals surface area contributed by atoms with E-state index in [2.05, 4.69) is 31.7 Å². The van der Waals surface area contributed by atoms with Crippen LogP contribution in [0.1, 0.15) is 32.1 Å². The number of aromatic amines is 1. The summed E-state index contributed by atoms with van der Waals surface area (Å²) in [6.07, 6.45) is 7.48. The number of fused-ring (bicyclic) bond motifs is 2. The van der Waals surface area contributed by atoms with E-state index in [1.54, 1.807) is 11.8 Å². The van der Waals surface area contributed by atoms with Crippen LogP contribution in [0.2, 0.25) is 0 Å². The number of rotatable bonds is 4. The van der Waals surface area contributed by atoms with Crippen molar-refractivity contribution in [2.24, 2.45) is 7.05 Å². The first-order chi connectivity index (χ1) is 15.1. The minimum atomic E-state index is 0.152. The fourth-order valence-corrected chi connectivity index (χ4v) is 4.89. The van der Waals surface area contributed by atoms with Crippen molar-refractivity contribution in [3.05, 3.63) is 24.4 Å². The zero-order chi connectivity index (χ0) is 21.0. The molecule has 2 aliphatic rings. The van der Waals surface area contributed by atoms with Crippen molar-refractivity contribution in [1.29, 1.82) is 0 Å². The quantitative estimate of drug-likeness (QED) is 0.522. The fraction of sp³-hybridized carbons (Fsp3) is 0.455. The molecule has 6 rings (SSSR count). The molecule has 0 radical (unpaired) electrons. The van der Waals surface area contributed by atoms with Gasteiger partial charge in [0.2, 0.25) is 11.8 Å². The Morgan fingerprint density at radius 2 is 2.06 bits per heavy atom. The molecular weight excluding hydrogens is 394 g/mol. The molecule has 4 aromatic rings. The summed E-state index contributed by atoms with van der Waals surface area (Å²) >= 11 is 0. The Kier molecular flexibility index (Phi) is 4.14. The number of methoxy groups -OCH3 is 1. The molecule has 31 heavy (non-hydrogen) atoms. The molecule has 2 fully saturated rings. The number of benzene rings is 1. The Labute approximate surface area is 179 Å². The van der Waals surface area contributed by atoms with Crippen LogP contribution in [0.15, 0.2) is 24.4 Å². The minimum absolute atomic E-state index is 0.152. The van der Waals surface area contributed by atoms with Crippen molar-refractivity contribution >= 4 is 28.0 Å². The van der Waals surface area contributed by atoms with E-state index < -0.39 is 0 Å². The van der Waals surface area contributed by atoms with Gasteiger partial charge in [0.1, 0.15) is 11.2 Å². The monoisotopic (exact) mass is 419 g/mol. The van der Waals surface area contributed by atoms with E-state index in [9.17, 15) is 0 Å². The third-order valence-corrected chi connectivity index (χ3v) is 6.81. The van der Waals surface area contributed by atoms with Crippen LogP contribution < -0.4 is 10.1 Å². The van der Waals surface area contributed by atoms with Crippen LogP contribution in [-0.2, 0) is 11.8 Å². The lowest BCUT2D eigenvalue weighted by molar-refractivity contribution is -0.165. The number of hydrogen-bond donors (Lipinski definition) is 2. The lowest BCUT2D eigenvalue weighted by Gasteiger charge is -2.46. The third kappa shape index (κ3) is 3.03. The predicted octanol–water partition coefficient (Wildman–Crippen LogP) is 3.43. The third-order valence-electron chi connectivity index (χ3n) is 6.81. The Morgan fingerprint density at radius 1 is 1.23 bits per heavy atom. The average Bonchev–Trinajstić information content (AvgIpc) is 3.36. The highest BCUT2D eigenvalue weighted by atomic mass is 16.5. The number of nitrogens with zero attached hydrogens (tertiary/aromatic N) is 5. The first-order valence-electron chi connectivity index (χ1n) is 10.8. The molecule has 0 amide bonds. The summed E-state index contributed by atoms with van der Waals surface area (Å²) in [5, 5.41) is 12.6. The maximum atomic E-state index is 5.83. The topological polar surface area (TPSA) is 103 Å². The lowest BCUT2D eigenvalue weighted by Crippen LogP contribution is -2.48. The number of nitrogens with one attached hydrogen (secondary N) is 2. The standard InChI is InChI=1S/C22H25N7O2/c1-29-17-11-13(3-4-16(17)27-28-29)15-12-23-19-18(15)20(30-2)26-21(25-19)24-14-5-7-22(8-6-14)9-10-31-22/h3-4,11-12,14H,5-10H2,1-2H3,(H2,23,24,25,26). The molecule has 0 atom stereocenters. The molecule has 1 aromatic carbocycles. The van der Waals surface area contributed by atoms with E-state index in [-0.39, 0.29) is 5.60 Å². The summed E-state index contributed by atoms with van der Waals surface area (Å²) < 4.78 is 13.3. The Bertz CT molecular complexity index is 1260. The lowest BCUT2D eigenvalue weighted by atomic mass is 9.77. The second kappa shape index (κ2) is 6.91. The van der Waals surface area contributed by atoms with E-state index >= 15 is 0 Å². The SMILES string of the molecule is COc1nc(NC2CCC3(CCO3)CC2)nc2[nH]cc(-c3ccc4nnn(C)c4c3)c12. The zero-order valence-electron chi connectivity index (χ0n) is 17.7. The molecule has 1 spiro atoms. The van der Waals surface area contributed by atoms with Crippen molar-refractivity contribution < 1.29 is 9.47 Å². The molecule has 0 bridgehead atoms. The van der Waals surface area contributed by atoms with Gasteiger partial charge in [-0.05, 0) is 49.8 Å².